The number of rotatable bonds is 5. The zero-order chi connectivity index (χ0) is 44.1. The lowest BCUT2D eigenvalue weighted by Crippen LogP contribution is -2.28. The minimum absolute atomic E-state index is 0.506. The number of pyridine rings is 3. The topological polar surface area (TPSA) is 38.7 Å². The minimum Gasteiger partial charge on any atom is -0.247 e. The van der Waals surface area contributed by atoms with Crippen LogP contribution < -0.4 is 0 Å². The molecule has 3 aromatic heterocycles. The molecule has 0 saturated carbocycles. The molecule has 3 heteroatoms. The average molecular weight is 850 g/mol. The van der Waals surface area contributed by atoms with Gasteiger partial charge in [0.25, 0.3) is 0 Å². The van der Waals surface area contributed by atoms with Gasteiger partial charge >= 0.3 is 0 Å². The maximum atomic E-state index is 5.80. The fourth-order valence-electron chi connectivity index (χ4n) is 11.5. The highest BCUT2D eigenvalue weighted by atomic mass is 14.8. The van der Waals surface area contributed by atoms with E-state index in [4.69, 9.17) is 15.0 Å². The van der Waals surface area contributed by atoms with Crippen molar-refractivity contribution < 1.29 is 0 Å². The molecule has 0 N–H and O–H groups in total. The number of nitrogens with zero attached hydrogens (tertiary/aromatic N) is 3. The number of hydrogen-bond acceptors (Lipinski definition) is 3. The maximum absolute atomic E-state index is 5.80. The zero-order valence-electron chi connectivity index (χ0n) is 36.4. The van der Waals surface area contributed by atoms with Crippen molar-refractivity contribution in [2.75, 3.05) is 0 Å². The summed E-state index contributed by atoms with van der Waals surface area (Å²) in [4.78, 5) is 16.6. The third kappa shape index (κ3) is 5.43. The quantitative estimate of drug-likeness (QED) is 0.128. The van der Waals surface area contributed by atoms with E-state index < -0.39 is 5.41 Å². The third-order valence-corrected chi connectivity index (χ3v) is 14.3. The molecule has 0 unspecified atom stereocenters. The predicted molar refractivity (Wildman–Crippen MR) is 278 cm³/mol. The molecule has 1 aliphatic rings. The Labute approximate surface area is 387 Å². The predicted octanol–water partition coefficient (Wildman–Crippen LogP) is 16.2. The van der Waals surface area contributed by atoms with E-state index in [-0.39, 0.29) is 0 Å². The van der Waals surface area contributed by atoms with Gasteiger partial charge in [0.15, 0.2) is 0 Å². The molecule has 310 valence electrons. The Morgan fingerprint density at radius 1 is 0.299 bits per heavy atom. The molecule has 1 aliphatic carbocycles. The SMILES string of the molecule is c1ccc(-c2ccc3ccc4ccc(-c5c6ccccc6c(-c6nc7ccc8c(c7c7ccccc67)-c6ccccc6C8(c6ccccc6)c6ccccc6)c6ccccc56)nc4c3n2)cc1. The number of benzene rings is 10. The molecule has 14 rings (SSSR count). The zero-order valence-corrected chi connectivity index (χ0v) is 36.4. The van der Waals surface area contributed by atoms with Gasteiger partial charge in [-0.1, -0.05) is 218 Å². The van der Waals surface area contributed by atoms with Gasteiger partial charge in [0, 0.05) is 38.2 Å². The first-order valence-corrected chi connectivity index (χ1v) is 23.0. The number of hydrogen-bond donors (Lipinski definition) is 0. The molecule has 0 amide bonds. The highest BCUT2D eigenvalue weighted by Gasteiger charge is 2.46. The maximum Gasteiger partial charge on any atom is 0.0972 e. The van der Waals surface area contributed by atoms with Crippen molar-refractivity contribution >= 4 is 65.0 Å². The smallest absolute Gasteiger partial charge is 0.0972 e. The van der Waals surface area contributed by atoms with Crippen molar-refractivity contribution in [2.24, 2.45) is 0 Å². The summed E-state index contributed by atoms with van der Waals surface area (Å²) >= 11 is 0. The summed E-state index contributed by atoms with van der Waals surface area (Å²) in [5.74, 6) is 0. The van der Waals surface area contributed by atoms with Crippen LogP contribution in [0.25, 0.3) is 110 Å². The molecule has 0 aliphatic heterocycles. The molecule has 0 fully saturated rings. The molecule has 0 saturated heterocycles. The normalized spacial score (nSPS) is 12.9. The second kappa shape index (κ2) is 14.6. The molecule has 67 heavy (non-hydrogen) atoms. The largest absolute Gasteiger partial charge is 0.247 e. The average Bonchev–Trinajstić information content (AvgIpc) is 3.71. The van der Waals surface area contributed by atoms with E-state index in [1.807, 2.05) is 6.07 Å². The molecule has 10 aromatic carbocycles. The van der Waals surface area contributed by atoms with Crippen molar-refractivity contribution in [3.63, 3.8) is 0 Å². The van der Waals surface area contributed by atoms with Crippen molar-refractivity contribution in [1.29, 1.82) is 0 Å². The highest BCUT2D eigenvalue weighted by molar-refractivity contribution is 6.26. The van der Waals surface area contributed by atoms with Crippen LogP contribution in [0.5, 0.6) is 0 Å². The van der Waals surface area contributed by atoms with E-state index in [0.29, 0.717) is 0 Å². The van der Waals surface area contributed by atoms with Gasteiger partial charge in [0.2, 0.25) is 0 Å². The molecule has 0 spiro atoms. The molecular formula is C64H39N3. The molecule has 0 atom stereocenters. The van der Waals surface area contributed by atoms with Crippen LogP contribution in [0.2, 0.25) is 0 Å². The number of fused-ring (bicyclic) bond motifs is 12. The monoisotopic (exact) mass is 849 g/mol. The number of aromatic nitrogens is 3. The molecule has 0 radical (unpaired) electrons. The van der Waals surface area contributed by atoms with Crippen LogP contribution in [-0.4, -0.2) is 15.0 Å². The van der Waals surface area contributed by atoms with E-state index in [9.17, 15) is 0 Å². The first-order chi connectivity index (χ1) is 33.3. The second-order valence-corrected chi connectivity index (χ2v) is 17.7. The fourth-order valence-corrected chi connectivity index (χ4v) is 11.5. The summed E-state index contributed by atoms with van der Waals surface area (Å²) in [6, 6.07) is 85.6. The van der Waals surface area contributed by atoms with Gasteiger partial charge in [-0.3, -0.25) is 0 Å². The van der Waals surface area contributed by atoms with Crippen LogP contribution in [0.3, 0.4) is 0 Å². The molecule has 3 nitrogen and oxygen atoms in total. The van der Waals surface area contributed by atoms with Gasteiger partial charge in [-0.25, -0.2) is 15.0 Å². The summed E-state index contributed by atoms with van der Waals surface area (Å²) in [6.07, 6.45) is 0. The summed E-state index contributed by atoms with van der Waals surface area (Å²) in [6.45, 7) is 0. The first-order valence-electron chi connectivity index (χ1n) is 23.0. The van der Waals surface area contributed by atoms with E-state index in [2.05, 4.69) is 231 Å². The van der Waals surface area contributed by atoms with Gasteiger partial charge in [-0.2, -0.15) is 0 Å². The Morgan fingerprint density at radius 2 is 0.776 bits per heavy atom. The molecule has 3 heterocycles. The van der Waals surface area contributed by atoms with Crippen molar-refractivity contribution in [3.8, 4) is 44.9 Å². The Morgan fingerprint density at radius 3 is 1.40 bits per heavy atom. The summed E-state index contributed by atoms with van der Waals surface area (Å²) in [5.41, 5.74) is 16.0. The third-order valence-electron chi connectivity index (χ3n) is 14.3. The standard InChI is InChI=1S/C64H39N3/c1-4-18-40(19-5-1)54-37-34-41-32-33-42-35-38-55(66-62(42)61(41)65-54)57-45-24-10-12-26-47(45)58(48-27-13-11-25-46(48)57)63-50-29-15-14-28-49(50)60-56(67-63)39-36-53-59(60)51-30-16-17-31-52(51)64(53,43-20-6-2-7-21-43)44-22-8-3-9-23-44/h1-39H. The van der Waals surface area contributed by atoms with E-state index in [1.165, 1.54) is 44.2 Å². The lowest BCUT2D eigenvalue weighted by Gasteiger charge is -2.34. The van der Waals surface area contributed by atoms with E-state index >= 15 is 0 Å². The van der Waals surface area contributed by atoms with Crippen LogP contribution in [0.4, 0.5) is 0 Å². The second-order valence-electron chi connectivity index (χ2n) is 17.7. The van der Waals surface area contributed by atoms with Gasteiger partial charge in [0.1, 0.15) is 0 Å². The Kier molecular flexibility index (Phi) is 8.20. The first kappa shape index (κ1) is 37.6. The van der Waals surface area contributed by atoms with Gasteiger partial charge < -0.3 is 0 Å². The van der Waals surface area contributed by atoms with Crippen LogP contribution in [0, 0.1) is 0 Å². The fraction of sp³-hybridized carbons (Fsp3) is 0.0156. The van der Waals surface area contributed by atoms with Crippen LogP contribution >= 0.6 is 0 Å². The molecule has 13 aromatic rings. The lowest BCUT2D eigenvalue weighted by atomic mass is 9.67. The van der Waals surface area contributed by atoms with Crippen LogP contribution in [-0.2, 0) is 5.41 Å². The van der Waals surface area contributed by atoms with Crippen molar-refractivity contribution in [3.05, 3.63) is 259 Å². The Hall–Kier alpha value is -8.79. The summed E-state index contributed by atoms with van der Waals surface area (Å²) < 4.78 is 0. The highest BCUT2D eigenvalue weighted by Crippen LogP contribution is 2.59. The van der Waals surface area contributed by atoms with Gasteiger partial charge in [-0.15, -0.1) is 0 Å². The van der Waals surface area contributed by atoms with Crippen molar-refractivity contribution in [1.82, 2.24) is 15.0 Å². The van der Waals surface area contributed by atoms with E-state index in [0.717, 1.165) is 88.0 Å². The van der Waals surface area contributed by atoms with Crippen LogP contribution in [0.1, 0.15) is 22.3 Å². The van der Waals surface area contributed by atoms with Crippen LogP contribution in [0.15, 0.2) is 237 Å². The Balaban J connectivity index is 1.04. The minimum atomic E-state index is -0.506. The van der Waals surface area contributed by atoms with E-state index in [1.54, 1.807) is 0 Å². The molecular weight excluding hydrogens is 811 g/mol. The Bertz CT molecular complexity index is 4050. The van der Waals surface area contributed by atoms with Gasteiger partial charge in [-0.05, 0) is 78.5 Å². The lowest BCUT2D eigenvalue weighted by molar-refractivity contribution is 0.769. The summed E-state index contributed by atoms with van der Waals surface area (Å²) in [5, 5.41) is 10.1. The van der Waals surface area contributed by atoms with Crippen molar-refractivity contribution in [2.45, 2.75) is 5.41 Å². The molecule has 0 bridgehead atoms. The summed E-state index contributed by atoms with van der Waals surface area (Å²) in [7, 11) is 0. The van der Waals surface area contributed by atoms with Gasteiger partial charge in [0.05, 0.1) is 39.0 Å².